The van der Waals surface area contributed by atoms with E-state index >= 15 is 0 Å². The molecule has 1 saturated carbocycles. The van der Waals surface area contributed by atoms with Gasteiger partial charge < -0.3 is 21.1 Å². The summed E-state index contributed by atoms with van der Waals surface area (Å²) in [5.74, 6) is -2.04. The molecule has 0 heterocycles. The van der Waals surface area contributed by atoms with Crippen molar-refractivity contribution in [3.05, 3.63) is 0 Å². The van der Waals surface area contributed by atoms with E-state index < -0.39 is 23.8 Å². The van der Waals surface area contributed by atoms with E-state index in [0.29, 0.717) is 12.8 Å². The largest absolute Gasteiger partial charge is 0.481 e. The molecule has 0 aromatic carbocycles. The van der Waals surface area contributed by atoms with Crippen molar-refractivity contribution in [1.82, 2.24) is 10.2 Å². The molecular formula is C13H23N3O4. The van der Waals surface area contributed by atoms with E-state index in [4.69, 9.17) is 5.73 Å². The molecule has 0 aromatic heterocycles. The first-order valence-corrected chi connectivity index (χ1v) is 6.91. The SMILES string of the molecule is CC(C)N(CC(N)=O)C(=O)NC1CCCCC1C(=O)O. The number of nitrogens with zero attached hydrogens (tertiary/aromatic N) is 1. The molecule has 1 aliphatic carbocycles. The number of carboxylic acids is 1. The molecule has 3 amide bonds. The van der Waals surface area contributed by atoms with Crippen LogP contribution >= 0.6 is 0 Å². The lowest BCUT2D eigenvalue weighted by Gasteiger charge is -2.33. The first-order valence-electron chi connectivity index (χ1n) is 6.91. The molecule has 7 heteroatoms. The molecule has 1 aliphatic rings. The van der Waals surface area contributed by atoms with Crippen molar-refractivity contribution in [2.24, 2.45) is 11.7 Å². The number of hydrogen-bond donors (Lipinski definition) is 3. The molecular weight excluding hydrogens is 262 g/mol. The fraction of sp³-hybridized carbons (Fsp3) is 0.769. The summed E-state index contributed by atoms with van der Waals surface area (Å²) in [5.41, 5.74) is 5.12. The molecule has 0 spiro atoms. The third kappa shape index (κ3) is 4.40. The molecule has 7 nitrogen and oxygen atoms in total. The highest BCUT2D eigenvalue weighted by atomic mass is 16.4. The van der Waals surface area contributed by atoms with E-state index in [2.05, 4.69) is 5.32 Å². The average molecular weight is 285 g/mol. The van der Waals surface area contributed by atoms with Crippen LogP contribution in [-0.2, 0) is 9.59 Å². The number of nitrogens with one attached hydrogen (secondary N) is 1. The van der Waals surface area contributed by atoms with Gasteiger partial charge in [-0.05, 0) is 26.7 Å². The number of nitrogens with two attached hydrogens (primary N) is 1. The summed E-state index contributed by atoms with van der Waals surface area (Å²) in [5, 5.41) is 11.9. The number of hydrogen-bond acceptors (Lipinski definition) is 3. The zero-order valence-corrected chi connectivity index (χ0v) is 12.0. The van der Waals surface area contributed by atoms with Gasteiger partial charge in [0, 0.05) is 12.1 Å². The Morgan fingerprint density at radius 2 is 1.90 bits per heavy atom. The van der Waals surface area contributed by atoms with Crippen molar-refractivity contribution in [2.45, 2.75) is 51.6 Å². The van der Waals surface area contributed by atoms with Crippen LogP contribution in [0.3, 0.4) is 0 Å². The molecule has 4 N–H and O–H groups in total. The van der Waals surface area contributed by atoms with E-state index in [0.717, 1.165) is 12.8 Å². The highest BCUT2D eigenvalue weighted by Crippen LogP contribution is 2.24. The molecule has 0 aliphatic heterocycles. The van der Waals surface area contributed by atoms with Gasteiger partial charge in [-0.15, -0.1) is 0 Å². The van der Waals surface area contributed by atoms with Crippen LogP contribution in [0.2, 0.25) is 0 Å². The number of urea groups is 1. The van der Waals surface area contributed by atoms with Crippen LogP contribution in [0.1, 0.15) is 39.5 Å². The molecule has 0 radical (unpaired) electrons. The Morgan fingerprint density at radius 1 is 1.30 bits per heavy atom. The van der Waals surface area contributed by atoms with E-state index in [1.165, 1.54) is 4.90 Å². The summed E-state index contributed by atoms with van der Waals surface area (Å²) in [6, 6.07) is -1.01. The van der Waals surface area contributed by atoms with E-state index in [9.17, 15) is 19.5 Å². The van der Waals surface area contributed by atoms with Crippen molar-refractivity contribution in [3.8, 4) is 0 Å². The van der Waals surface area contributed by atoms with Crippen LogP contribution in [0.4, 0.5) is 4.79 Å². The summed E-state index contributed by atoms with van der Waals surface area (Å²) in [6.45, 7) is 3.38. The fourth-order valence-electron chi connectivity index (χ4n) is 2.50. The normalized spacial score (nSPS) is 22.4. The maximum absolute atomic E-state index is 12.2. The van der Waals surface area contributed by atoms with E-state index in [-0.39, 0.29) is 18.6 Å². The first kappa shape index (κ1) is 16.3. The van der Waals surface area contributed by atoms with Crippen molar-refractivity contribution in [1.29, 1.82) is 0 Å². The van der Waals surface area contributed by atoms with Gasteiger partial charge in [0.2, 0.25) is 5.91 Å². The van der Waals surface area contributed by atoms with Crippen molar-refractivity contribution in [3.63, 3.8) is 0 Å². The molecule has 1 rings (SSSR count). The van der Waals surface area contributed by atoms with Gasteiger partial charge in [-0.1, -0.05) is 12.8 Å². The smallest absolute Gasteiger partial charge is 0.318 e. The lowest BCUT2D eigenvalue weighted by molar-refractivity contribution is -0.143. The predicted molar refractivity (Wildman–Crippen MR) is 72.9 cm³/mol. The van der Waals surface area contributed by atoms with Gasteiger partial charge in [0.1, 0.15) is 6.54 Å². The Hall–Kier alpha value is -1.79. The molecule has 2 unspecified atom stereocenters. The second-order valence-corrected chi connectivity index (χ2v) is 5.47. The molecule has 2 atom stereocenters. The van der Waals surface area contributed by atoms with Crippen molar-refractivity contribution < 1.29 is 19.5 Å². The van der Waals surface area contributed by atoms with Gasteiger partial charge in [0.25, 0.3) is 0 Å². The highest BCUT2D eigenvalue weighted by Gasteiger charge is 2.33. The lowest BCUT2D eigenvalue weighted by atomic mass is 9.84. The molecule has 114 valence electrons. The van der Waals surface area contributed by atoms with Crippen LogP contribution in [0.5, 0.6) is 0 Å². The Morgan fingerprint density at radius 3 is 2.40 bits per heavy atom. The summed E-state index contributed by atoms with van der Waals surface area (Å²) in [4.78, 5) is 35.7. The topological polar surface area (TPSA) is 113 Å². The van der Waals surface area contributed by atoms with Gasteiger partial charge in [0.05, 0.1) is 5.92 Å². The van der Waals surface area contributed by atoms with Crippen LogP contribution < -0.4 is 11.1 Å². The van der Waals surface area contributed by atoms with Crippen LogP contribution in [0, 0.1) is 5.92 Å². The van der Waals surface area contributed by atoms with Gasteiger partial charge in [-0.3, -0.25) is 9.59 Å². The third-order valence-corrected chi connectivity index (χ3v) is 3.60. The third-order valence-electron chi connectivity index (χ3n) is 3.60. The van der Waals surface area contributed by atoms with E-state index in [1.807, 2.05) is 0 Å². The van der Waals surface area contributed by atoms with Crippen molar-refractivity contribution in [2.75, 3.05) is 6.54 Å². The zero-order valence-electron chi connectivity index (χ0n) is 12.0. The van der Waals surface area contributed by atoms with E-state index in [1.54, 1.807) is 13.8 Å². The minimum absolute atomic E-state index is 0.173. The predicted octanol–water partition coefficient (Wildman–Crippen LogP) is 0.535. The summed E-state index contributed by atoms with van der Waals surface area (Å²) >= 11 is 0. The second-order valence-electron chi connectivity index (χ2n) is 5.47. The Balaban J connectivity index is 2.70. The molecule has 0 bridgehead atoms. The number of aliphatic carboxylic acids is 1. The van der Waals surface area contributed by atoms with Crippen molar-refractivity contribution >= 4 is 17.9 Å². The van der Waals surface area contributed by atoms with Crippen LogP contribution in [0.15, 0.2) is 0 Å². The molecule has 0 saturated heterocycles. The standard InChI is InChI=1S/C13H23N3O4/c1-8(2)16(7-11(14)17)13(20)15-10-6-4-3-5-9(10)12(18)19/h8-10H,3-7H2,1-2H3,(H2,14,17)(H,15,20)(H,18,19). The zero-order chi connectivity index (χ0) is 15.3. The number of carbonyl (C=O) groups excluding carboxylic acids is 2. The molecule has 20 heavy (non-hydrogen) atoms. The Labute approximate surface area is 118 Å². The fourth-order valence-corrected chi connectivity index (χ4v) is 2.50. The van der Waals surface area contributed by atoms with Gasteiger partial charge >= 0.3 is 12.0 Å². The average Bonchev–Trinajstić information content (AvgIpc) is 2.35. The number of rotatable bonds is 5. The Bertz CT molecular complexity index is 384. The van der Waals surface area contributed by atoms with Crippen LogP contribution in [0.25, 0.3) is 0 Å². The maximum atomic E-state index is 12.2. The van der Waals surface area contributed by atoms with Crippen LogP contribution in [-0.4, -0.2) is 46.5 Å². The molecule has 1 fully saturated rings. The number of carbonyl (C=O) groups is 3. The summed E-state index contributed by atoms with van der Waals surface area (Å²) < 4.78 is 0. The number of amides is 3. The first-order chi connectivity index (χ1) is 9.32. The maximum Gasteiger partial charge on any atom is 0.318 e. The second kappa shape index (κ2) is 7.12. The minimum Gasteiger partial charge on any atom is -0.481 e. The van der Waals surface area contributed by atoms with Gasteiger partial charge in [-0.2, -0.15) is 0 Å². The molecule has 0 aromatic rings. The quantitative estimate of drug-likeness (QED) is 0.684. The number of primary amides is 1. The lowest BCUT2D eigenvalue weighted by Crippen LogP contribution is -2.53. The van der Waals surface area contributed by atoms with Gasteiger partial charge in [-0.25, -0.2) is 4.79 Å². The summed E-state index contributed by atoms with van der Waals surface area (Å²) in [6.07, 6.45) is 2.97. The van der Waals surface area contributed by atoms with Gasteiger partial charge in [0.15, 0.2) is 0 Å². The Kier molecular flexibility index (Phi) is 5.79. The highest BCUT2D eigenvalue weighted by molar-refractivity contribution is 5.83. The number of carboxylic acid groups (broad SMARTS) is 1. The minimum atomic E-state index is -0.888. The monoisotopic (exact) mass is 285 g/mol. The summed E-state index contributed by atoms with van der Waals surface area (Å²) in [7, 11) is 0.